The predicted molar refractivity (Wildman–Crippen MR) is 151 cm³/mol. The fourth-order valence-electron chi connectivity index (χ4n) is 7.28. The fourth-order valence-corrected chi connectivity index (χ4v) is 7.28. The van der Waals surface area contributed by atoms with Crippen LogP contribution < -0.4 is 4.90 Å². The van der Waals surface area contributed by atoms with Crippen LogP contribution in [0.5, 0.6) is 0 Å². The number of nitrogens with zero attached hydrogens (tertiary/aromatic N) is 2. The zero-order valence-corrected chi connectivity index (χ0v) is 22.8. The van der Waals surface area contributed by atoms with Crippen molar-refractivity contribution in [2.45, 2.75) is 94.9 Å². The van der Waals surface area contributed by atoms with Crippen LogP contribution in [0.3, 0.4) is 0 Å². The van der Waals surface area contributed by atoms with E-state index in [0.717, 1.165) is 53.7 Å². The van der Waals surface area contributed by atoms with Gasteiger partial charge in [0.1, 0.15) is 17.0 Å². The van der Waals surface area contributed by atoms with Crippen LogP contribution in [0, 0.1) is 6.92 Å². The molecule has 206 valence electrons. The van der Waals surface area contributed by atoms with Crippen LogP contribution in [-0.4, -0.2) is 34.4 Å². The number of hydrogen-bond donors (Lipinski definition) is 1. The molecule has 7 heteroatoms. The number of carbonyl (C=O) groups is 1. The van der Waals surface area contributed by atoms with Gasteiger partial charge >= 0.3 is 5.97 Å². The summed E-state index contributed by atoms with van der Waals surface area (Å²) in [6.45, 7) is 2.62. The first kappa shape index (κ1) is 24.2. The van der Waals surface area contributed by atoms with Gasteiger partial charge in [0, 0.05) is 40.2 Å². The van der Waals surface area contributed by atoms with Gasteiger partial charge in [0.2, 0.25) is 5.76 Å². The number of aromatic nitrogens is 1. The number of aromatic carboxylic acids is 1. The van der Waals surface area contributed by atoms with Crippen LogP contribution in [-0.2, 0) is 11.3 Å². The summed E-state index contributed by atoms with van der Waals surface area (Å²) in [4.78, 5) is 14.0. The Morgan fingerprint density at radius 3 is 2.50 bits per heavy atom. The average molecular weight is 539 g/mol. The number of ether oxygens (including phenoxy) is 1. The van der Waals surface area contributed by atoms with Gasteiger partial charge in [0.05, 0.1) is 12.7 Å². The molecule has 2 saturated heterocycles. The van der Waals surface area contributed by atoms with Crippen LogP contribution in [0.2, 0.25) is 0 Å². The third-order valence-corrected chi connectivity index (χ3v) is 9.58. The molecule has 2 aliphatic carbocycles. The van der Waals surface area contributed by atoms with E-state index in [-0.39, 0.29) is 11.9 Å². The molecule has 40 heavy (non-hydrogen) atoms. The third-order valence-electron chi connectivity index (χ3n) is 9.58. The number of rotatable bonds is 8. The number of fused-ring (bicyclic) bond motifs is 3. The molecule has 3 atom stereocenters. The largest absolute Gasteiger partial charge is 0.475 e. The molecule has 2 bridgehead atoms. The van der Waals surface area contributed by atoms with Gasteiger partial charge in [-0.25, -0.2) is 4.79 Å². The van der Waals surface area contributed by atoms with Crippen molar-refractivity contribution < 1.29 is 23.6 Å². The van der Waals surface area contributed by atoms with E-state index in [1.54, 1.807) is 6.07 Å². The van der Waals surface area contributed by atoms with Gasteiger partial charge in [-0.15, -0.1) is 0 Å². The van der Waals surface area contributed by atoms with E-state index < -0.39 is 5.97 Å². The molecule has 0 radical (unpaired) electrons. The summed E-state index contributed by atoms with van der Waals surface area (Å²) in [5.74, 6) is 1.11. The molecule has 4 fully saturated rings. The summed E-state index contributed by atoms with van der Waals surface area (Å²) in [6, 6.07) is 15.2. The summed E-state index contributed by atoms with van der Waals surface area (Å²) < 4.78 is 18.2. The van der Waals surface area contributed by atoms with E-state index in [1.807, 2.05) is 6.07 Å². The zero-order chi connectivity index (χ0) is 27.0. The molecule has 7 nitrogen and oxygen atoms in total. The minimum Gasteiger partial charge on any atom is -0.475 e. The molecule has 2 saturated carbocycles. The Morgan fingerprint density at radius 2 is 1.77 bits per heavy atom. The fraction of sp³-hybridized carbons (Fsp3) is 0.455. The molecule has 0 amide bonds. The van der Waals surface area contributed by atoms with E-state index in [9.17, 15) is 9.90 Å². The Morgan fingerprint density at radius 1 is 1.02 bits per heavy atom. The van der Waals surface area contributed by atoms with Crippen molar-refractivity contribution in [3.05, 3.63) is 70.7 Å². The Hall–Kier alpha value is -3.58. The lowest BCUT2D eigenvalue weighted by molar-refractivity contribution is 0.0147. The highest BCUT2D eigenvalue weighted by atomic mass is 16.5. The van der Waals surface area contributed by atoms with Crippen LogP contribution >= 0.6 is 0 Å². The molecule has 4 aliphatic rings. The number of anilines is 1. The standard InChI is InChI=1S/C33H34N2O5/c1-18-26-16-30(33(36)37)39-29(26)13-12-28(18)35-21-10-11-22(35)15-23(14-21)38-17-27-31(34-40-32(27)20-8-9-20)25-5-3-2-4-24(25)19-6-7-19/h2-5,12-13,16,19-23H,6-11,14-15,17H2,1H3,(H,36,37)/t21-,22+,23?. The molecule has 4 aromatic rings. The SMILES string of the molecule is Cc1c(N2[C@@H]3CC[C@H]2CC(OCc2c(-c4ccccc4C4CC4)noc2C2CC2)C3)ccc2oc(C(=O)O)cc12. The molecular weight excluding hydrogens is 504 g/mol. The van der Waals surface area contributed by atoms with E-state index >= 15 is 0 Å². The van der Waals surface area contributed by atoms with Crippen LogP contribution in [0.4, 0.5) is 5.69 Å². The number of furan rings is 1. The third kappa shape index (κ3) is 4.05. The van der Waals surface area contributed by atoms with E-state index in [4.69, 9.17) is 13.7 Å². The summed E-state index contributed by atoms with van der Waals surface area (Å²) in [7, 11) is 0. The first-order chi connectivity index (χ1) is 19.5. The average Bonchev–Trinajstić information content (AvgIpc) is 3.88. The number of aryl methyl sites for hydroxylation is 1. The first-order valence-electron chi connectivity index (χ1n) is 14.8. The first-order valence-corrected chi connectivity index (χ1v) is 14.8. The molecule has 1 unspecified atom stereocenters. The summed E-state index contributed by atoms with van der Waals surface area (Å²) in [5, 5.41) is 14.9. The van der Waals surface area contributed by atoms with Crippen molar-refractivity contribution in [3.63, 3.8) is 0 Å². The monoisotopic (exact) mass is 538 g/mol. The lowest BCUT2D eigenvalue weighted by atomic mass is 9.96. The molecular formula is C33H34N2O5. The second kappa shape index (κ2) is 9.23. The van der Waals surface area contributed by atoms with Gasteiger partial charge in [0.25, 0.3) is 0 Å². The van der Waals surface area contributed by atoms with Crippen molar-refractivity contribution >= 4 is 22.6 Å². The molecule has 2 aromatic carbocycles. The van der Waals surface area contributed by atoms with E-state index in [0.29, 0.717) is 36.1 Å². The van der Waals surface area contributed by atoms with Gasteiger partial charge < -0.3 is 23.7 Å². The molecule has 0 spiro atoms. The highest BCUT2D eigenvalue weighted by Gasteiger charge is 2.42. The summed E-state index contributed by atoms with van der Waals surface area (Å²) in [6.07, 6.45) is 9.30. The van der Waals surface area contributed by atoms with Crippen molar-refractivity contribution in [3.8, 4) is 11.3 Å². The van der Waals surface area contributed by atoms with Crippen molar-refractivity contribution in [1.29, 1.82) is 0 Å². The van der Waals surface area contributed by atoms with Crippen molar-refractivity contribution in [2.75, 3.05) is 4.90 Å². The van der Waals surface area contributed by atoms with Crippen LogP contribution in [0.15, 0.2) is 51.4 Å². The minimum absolute atomic E-state index is 0.0104. The van der Waals surface area contributed by atoms with Crippen molar-refractivity contribution in [2.24, 2.45) is 0 Å². The van der Waals surface area contributed by atoms with Gasteiger partial charge in [0.15, 0.2) is 0 Å². The van der Waals surface area contributed by atoms with Crippen LogP contribution in [0.25, 0.3) is 22.2 Å². The number of carboxylic acids is 1. The highest BCUT2D eigenvalue weighted by molar-refractivity contribution is 5.94. The molecule has 4 heterocycles. The smallest absolute Gasteiger partial charge is 0.371 e. The Bertz CT molecular complexity index is 1600. The van der Waals surface area contributed by atoms with E-state index in [1.165, 1.54) is 42.5 Å². The summed E-state index contributed by atoms with van der Waals surface area (Å²) in [5.41, 5.74) is 7.64. The lowest BCUT2D eigenvalue weighted by Gasteiger charge is -2.41. The lowest BCUT2D eigenvalue weighted by Crippen LogP contribution is -2.45. The maximum atomic E-state index is 11.5. The molecule has 2 aliphatic heterocycles. The number of carboxylic acid groups (broad SMARTS) is 1. The Balaban J connectivity index is 1.03. The van der Waals surface area contributed by atoms with Gasteiger partial charge in [-0.1, -0.05) is 29.4 Å². The normalized spacial score (nSPS) is 24.2. The molecule has 1 N–H and O–H groups in total. The van der Waals surface area contributed by atoms with Crippen molar-refractivity contribution in [1.82, 2.24) is 5.16 Å². The molecule has 2 aromatic heterocycles. The Labute approximate surface area is 233 Å². The second-order valence-corrected chi connectivity index (χ2v) is 12.2. The predicted octanol–water partition coefficient (Wildman–Crippen LogP) is 7.57. The minimum atomic E-state index is -1.04. The Kier molecular flexibility index (Phi) is 5.59. The quantitative estimate of drug-likeness (QED) is 0.247. The number of benzene rings is 2. The zero-order valence-electron chi connectivity index (χ0n) is 22.8. The van der Waals surface area contributed by atoms with Gasteiger partial charge in [-0.2, -0.15) is 0 Å². The summed E-state index contributed by atoms with van der Waals surface area (Å²) >= 11 is 0. The number of hydrogen-bond acceptors (Lipinski definition) is 6. The highest BCUT2D eigenvalue weighted by Crippen LogP contribution is 2.49. The number of piperidine rings is 1. The maximum absolute atomic E-state index is 11.5. The van der Waals surface area contributed by atoms with Gasteiger partial charge in [-0.05, 0) is 93.5 Å². The molecule has 8 rings (SSSR count). The van der Waals surface area contributed by atoms with Gasteiger partial charge in [-0.3, -0.25) is 0 Å². The van der Waals surface area contributed by atoms with E-state index in [2.05, 4.69) is 47.3 Å². The van der Waals surface area contributed by atoms with Crippen LogP contribution in [0.1, 0.15) is 96.2 Å². The topological polar surface area (TPSA) is 88.9 Å². The second-order valence-electron chi connectivity index (χ2n) is 12.2. The maximum Gasteiger partial charge on any atom is 0.371 e.